The number of nitrogens with one attached hydrogen (secondary N) is 2. The van der Waals surface area contributed by atoms with Gasteiger partial charge in [-0.15, -0.1) is 0 Å². The van der Waals surface area contributed by atoms with Gasteiger partial charge in [-0.05, 0) is 37.7 Å². The minimum Gasteiger partial charge on any atom is -0.348 e. The Hall–Kier alpha value is -1.27. The number of rotatable bonds is 4. The zero-order valence-corrected chi connectivity index (χ0v) is 11.9. The van der Waals surface area contributed by atoms with Crippen LogP contribution in [-0.2, 0) is 0 Å². The van der Waals surface area contributed by atoms with Crippen molar-refractivity contribution in [1.29, 1.82) is 0 Å². The van der Waals surface area contributed by atoms with Gasteiger partial charge >= 0.3 is 0 Å². The molecule has 1 saturated carbocycles. The molecular formula is C13H20N4OS. The molecule has 2 atom stereocenters. The summed E-state index contributed by atoms with van der Waals surface area (Å²) in [6.07, 6.45) is 8.23. The van der Waals surface area contributed by atoms with E-state index in [-0.39, 0.29) is 11.9 Å². The standard InChI is InChI=1S/C13H20N4OS/c1-19-11-4-2-3-9(7-11)16-13(18)12-8-10(17-14)5-6-15-12/h5-6,8-9,11H,2-4,7,14H2,1H3,(H,15,17)(H,16,18). The number of amides is 1. The summed E-state index contributed by atoms with van der Waals surface area (Å²) in [6, 6.07) is 3.64. The smallest absolute Gasteiger partial charge is 0.270 e. The minimum absolute atomic E-state index is 0.121. The Bertz CT molecular complexity index is 440. The Labute approximate surface area is 117 Å². The SMILES string of the molecule is CSC1CCCC(NC(=O)c2cc(NN)ccn2)C1. The second-order valence-electron chi connectivity index (χ2n) is 4.77. The molecule has 104 valence electrons. The molecule has 0 radical (unpaired) electrons. The first-order chi connectivity index (χ1) is 9.22. The molecule has 0 bridgehead atoms. The van der Waals surface area contributed by atoms with Gasteiger partial charge < -0.3 is 10.7 Å². The third-order valence-electron chi connectivity index (χ3n) is 3.45. The molecule has 1 amide bonds. The van der Waals surface area contributed by atoms with Gasteiger partial charge in [-0.1, -0.05) is 6.42 Å². The van der Waals surface area contributed by atoms with Crippen LogP contribution in [0, 0.1) is 0 Å². The summed E-state index contributed by atoms with van der Waals surface area (Å²) >= 11 is 1.89. The van der Waals surface area contributed by atoms with Gasteiger partial charge in [-0.25, -0.2) is 0 Å². The van der Waals surface area contributed by atoms with Crippen LogP contribution in [0.4, 0.5) is 5.69 Å². The van der Waals surface area contributed by atoms with Gasteiger partial charge in [0, 0.05) is 17.5 Å². The van der Waals surface area contributed by atoms with E-state index < -0.39 is 0 Å². The number of hydrazine groups is 1. The summed E-state index contributed by atoms with van der Waals surface area (Å²) in [4.78, 5) is 16.2. The zero-order chi connectivity index (χ0) is 13.7. The number of anilines is 1. The maximum Gasteiger partial charge on any atom is 0.270 e. The number of hydrogen-bond donors (Lipinski definition) is 3. The van der Waals surface area contributed by atoms with Gasteiger partial charge in [-0.2, -0.15) is 11.8 Å². The van der Waals surface area contributed by atoms with Crippen molar-refractivity contribution in [2.24, 2.45) is 5.84 Å². The van der Waals surface area contributed by atoms with Crippen molar-refractivity contribution in [2.45, 2.75) is 37.0 Å². The molecule has 4 N–H and O–H groups in total. The van der Waals surface area contributed by atoms with E-state index in [1.165, 1.54) is 12.8 Å². The Morgan fingerprint density at radius 3 is 3.11 bits per heavy atom. The van der Waals surface area contributed by atoms with Gasteiger partial charge in [0.25, 0.3) is 5.91 Å². The summed E-state index contributed by atoms with van der Waals surface area (Å²) in [5.74, 6) is 5.21. The van der Waals surface area contributed by atoms with E-state index in [9.17, 15) is 4.79 Å². The van der Waals surface area contributed by atoms with E-state index in [2.05, 4.69) is 22.0 Å². The molecule has 0 saturated heterocycles. The van der Waals surface area contributed by atoms with Gasteiger partial charge in [-0.3, -0.25) is 15.6 Å². The van der Waals surface area contributed by atoms with Crippen LogP contribution in [-0.4, -0.2) is 28.4 Å². The maximum absolute atomic E-state index is 12.1. The first-order valence-corrected chi connectivity index (χ1v) is 7.78. The van der Waals surface area contributed by atoms with Gasteiger partial charge in [0.1, 0.15) is 5.69 Å². The van der Waals surface area contributed by atoms with E-state index in [0.29, 0.717) is 16.6 Å². The van der Waals surface area contributed by atoms with Crippen LogP contribution in [0.25, 0.3) is 0 Å². The monoisotopic (exact) mass is 280 g/mol. The average Bonchev–Trinajstić information content (AvgIpc) is 2.47. The molecule has 2 unspecified atom stereocenters. The number of nitrogen functional groups attached to an aromatic ring is 1. The van der Waals surface area contributed by atoms with E-state index >= 15 is 0 Å². The third kappa shape index (κ3) is 3.84. The van der Waals surface area contributed by atoms with Gasteiger partial charge in [0.2, 0.25) is 0 Å². The van der Waals surface area contributed by atoms with E-state index in [4.69, 9.17) is 5.84 Å². The highest BCUT2D eigenvalue weighted by Gasteiger charge is 2.23. The summed E-state index contributed by atoms with van der Waals surface area (Å²) < 4.78 is 0. The lowest BCUT2D eigenvalue weighted by Gasteiger charge is -2.28. The molecule has 1 aromatic rings. The van der Waals surface area contributed by atoms with Crippen molar-refractivity contribution in [3.63, 3.8) is 0 Å². The lowest BCUT2D eigenvalue weighted by Crippen LogP contribution is -2.39. The molecule has 1 aliphatic carbocycles. The topological polar surface area (TPSA) is 80.0 Å². The van der Waals surface area contributed by atoms with Crippen molar-refractivity contribution in [3.05, 3.63) is 24.0 Å². The van der Waals surface area contributed by atoms with E-state index in [0.717, 1.165) is 12.8 Å². The minimum atomic E-state index is -0.121. The normalized spacial score (nSPS) is 22.8. The van der Waals surface area contributed by atoms with Crippen LogP contribution in [0.3, 0.4) is 0 Å². The molecule has 1 aromatic heterocycles. The van der Waals surface area contributed by atoms with E-state index in [1.54, 1.807) is 18.3 Å². The molecule has 2 rings (SSSR count). The van der Waals surface area contributed by atoms with Crippen LogP contribution in [0.15, 0.2) is 18.3 Å². The molecule has 1 fully saturated rings. The zero-order valence-electron chi connectivity index (χ0n) is 11.1. The first kappa shape index (κ1) is 14.1. The third-order valence-corrected chi connectivity index (χ3v) is 4.55. The maximum atomic E-state index is 12.1. The predicted octanol–water partition coefficient (Wildman–Crippen LogP) is 1.77. The largest absolute Gasteiger partial charge is 0.348 e. The number of thioether (sulfide) groups is 1. The fourth-order valence-corrected chi connectivity index (χ4v) is 3.22. The molecule has 0 spiro atoms. The van der Waals surface area contributed by atoms with Crippen LogP contribution < -0.4 is 16.6 Å². The van der Waals surface area contributed by atoms with Crippen molar-refractivity contribution in [1.82, 2.24) is 10.3 Å². The molecule has 19 heavy (non-hydrogen) atoms. The fourth-order valence-electron chi connectivity index (χ4n) is 2.39. The Morgan fingerprint density at radius 1 is 1.53 bits per heavy atom. The molecule has 1 aliphatic rings. The number of pyridine rings is 1. The van der Waals surface area contributed by atoms with E-state index in [1.807, 2.05) is 11.8 Å². The molecule has 1 heterocycles. The molecule has 6 heteroatoms. The molecule has 0 aromatic carbocycles. The Balaban J connectivity index is 1.96. The number of aromatic nitrogens is 1. The number of nitrogens with two attached hydrogens (primary N) is 1. The first-order valence-electron chi connectivity index (χ1n) is 6.49. The highest BCUT2D eigenvalue weighted by Crippen LogP contribution is 2.27. The van der Waals surface area contributed by atoms with Crippen molar-refractivity contribution in [3.8, 4) is 0 Å². The predicted molar refractivity (Wildman–Crippen MR) is 79.1 cm³/mol. The van der Waals surface area contributed by atoms with Gasteiger partial charge in [0.05, 0.1) is 5.69 Å². The fraction of sp³-hybridized carbons (Fsp3) is 0.538. The highest BCUT2D eigenvalue weighted by atomic mass is 32.2. The second-order valence-corrected chi connectivity index (χ2v) is 5.91. The van der Waals surface area contributed by atoms with Crippen LogP contribution >= 0.6 is 11.8 Å². The quantitative estimate of drug-likeness (QED) is 0.578. The lowest BCUT2D eigenvalue weighted by atomic mass is 9.95. The Kier molecular flexibility index (Phi) is 5.04. The summed E-state index contributed by atoms with van der Waals surface area (Å²) in [5.41, 5.74) is 3.61. The molecule has 0 aliphatic heterocycles. The Morgan fingerprint density at radius 2 is 2.37 bits per heavy atom. The second kappa shape index (κ2) is 6.77. The van der Waals surface area contributed by atoms with Crippen LogP contribution in [0.2, 0.25) is 0 Å². The summed E-state index contributed by atoms with van der Waals surface area (Å²) in [5, 5.41) is 3.72. The van der Waals surface area contributed by atoms with Crippen molar-refractivity contribution in [2.75, 3.05) is 11.7 Å². The average molecular weight is 280 g/mol. The van der Waals surface area contributed by atoms with Crippen LogP contribution in [0.5, 0.6) is 0 Å². The van der Waals surface area contributed by atoms with Crippen molar-refractivity contribution < 1.29 is 4.79 Å². The van der Waals surface area contributed by atoms with Crippen LogP contribution in [0.1, 0.15) is 36.2 Å². The lowest BCUT2D eigenvalue weighted by molar-refractivity contribution is 0.0923. The number of hydrogen-bond acceptors (Lipinski definition) is 5. The number of nitrogens with zero attached hydrogens (tertiary/aromatic N) is 1. The summed E-state index contributed by atoms with van der Waals surface area (Å²) in [7, 11) is 0. The molecule has 5 nitrogen and oxygen atoms in total. The number of carbonyl (C=O) groups excluding carboxylic acids is 1. The van der Waals surface area contributed by atoms with Crippen molar-refractivity contribution >= 4 is 23.4 Å². The highest BCUT2D eigenvalue weighted by molar-refractivity contribution is 7.99. The number of carbonyl (C=O) groups is 1. The van der Waals surface area contributed by atoms with Gasteiger partial charge in [0.15, 0.2) is 0 Å². The molecular weight excluding hydrogens is 260 g/mol. The summed E-state index contributed by atoms with van der Waals surface area (Å²) in [6.45, 7) is 0.